The first-order valence-corrected chi connectivity index (χ1v) is 8.28. The van der Waals surface area contributed by atoms with Crippen molar-refractivity contribution in [2.75, 3.05) is 18.2 Å². The number of aliphatic hydroxyl groups excluding tert-OH is 1. The lowest BCUT2D eigenvalue weighted by Gasteiger charge is -2.33. The average molecular weight is 381 g/mol. The lowest BCUT2D eigenvalue weighted by molar-refractivity contribution is 0.282. The van der Waals surface area contributed by atoms with E-state index < -0.39 is 6.04 Å². The number of benzene rings is 2. The molecule has 8 heteroatoms. The van der Waals surface area contributed by atoms with E-state index in [2.05, 4.69) is 10.1 Å². The number of hydrogen-bond acceptors (Lipinski definition) is 4. The average Bonchev–Trinajstić information content (AvgIpc) is 3.12. The van der Waals surface area contributed by atoms with Crippen LogP contribution in [-0.2, 0) is 0 Å². The molecule has 0 saturated carbocycles. The van der Waals surface area contributed by atoms with Crippen LogP contribution in [0.4, 0.5) is 4.39 Å². The van der Waals surface area contributed by atoms with Crippen LogP contribution in [0.1, 0.15) is 17.2 Å². The molecule has 5 nitrogen and oxygen atoms in total. The third-order valence-corrected chi connectivity index (χ3v) is 4.30. The van der Waals surface area contributed by atoms with Crippen molar-refractivity contribution in [3.8, 4) is 0 Å². The van der Waals surface area contributed by atoms with E-state index in [0.717, 1.165) is 11.1 Å². The molecule has 1 atom stereocenters. The fourth-order valence-electron chi connectivity index (χ4n) is 2.67. The van der Waals surface area contributed by atoms with Gasteiger partial charge in [0.2, 0.25) is 0 Å². The predicted molar refractivity (Wildman–Crippen MR) is 94.9 cm³/mol. The summed E-state index contributed by atoms with van der Waals surface area (Å²) < 4.78 is 13.4. The second kappa shape index (κ2) is 7.82. The van der Waals surface area contributed by atoms with Crippen LogP contribution in [0.3, 0.4) is 0 Å². The van der Waals surface area contributed by atoms with Crippen LogP contribution in [0.2, 0.25) is 10.0 Å². The first-order valence-electron chi connectivity index (χ1n) is 7.53. The molecule has 0 spiro atoms. The van der Waals surface area contributed by atoms with E-state index in [1.54, 1.807) is 35.3 Å². The fraction of sp³-hybridized carbons (Fsp3) is 0.176. The minimum absolute atomic E-state index is 0.108. The molecule has 1 unspecified atom stereocenters. The van der Waals surface area contributed by atoms with Crippen molar-refractivity contribution in [3.63, 3.8) is 0 Å². The minimum atomic E-state index is -0.417. The van der Waals surface area contributed by atoms with Crippen LogP contribution < -0.4 is 5.01 Å². The van der Waals surface area contributed by atoms with Crippen LogP contribution in [0, 0.1) is 5.82 Å². The van der Waals surface area contributed by atoms with E-state index in [-0.39, 0.29) is 19.0 Å². The number of halogens is 3. The van der Waals surface area contributed by atoms with Crippen LogP contribution in [0.25, 0.3) is 0 Å². The largest absolute Gasteiger partial charge is 0.394 e. The first kappa shape index (κ1) is 17.7. The quantitative estimate of drug-likeness (QED) is 0.711. The number of rotatable bonds is 6. The molecular weight excluding hydrogens is 366 g/mol. The molecule has 0 saturated heterocycles. The smallest absolute Gasteiger partial charge is 0.139 e. The predicted octanol–water partition coefficient (Wildman–Crippen LogP) is 3.44. The summed E-state index contributed by atoms with van der Waals surface area (Å²) in [6, 6.07) is 10.9. The van der Waals surface area contributed by atoms with Gasteiger partial charge in [0.25, 0.3) is 0 Å². The Bertz CT molecular complexity index is 827. The summed E-state index contributed by atoms with van der Waals surface area (Å²) in [4.78, 5) is 5.48. The van der Waals surface area contributed by atoms with Crippen molar-refractivity contribution in [2.24, 2.45) is 0 Å². The zero-order valence-electron chi connectivity index (χ0n) is 13.1. The minimum Gasteiger partial charge on any atom is -0.394 e. The molecule has 0 bridgehead atoms. The normalized spacial score (nSPS) is 12.2. The van der Waals surface area contributed by atoms with Gasteiger partial charge in [-0.25, -0.2) is 9.37 Å². The summed E-state index contributed by atoms with van der Waals surface area (Å²) in [5.74, 6) is -0.334. The van der Waals surface area contributed by atoms with Gasteiger partial charge in [0, 0.05) is 10.0 Å². The summed E-state index contributed by atoms with van der Waals surface area (Å²) in [6.07, 6.45) is 2.92. The number of aromatic nitrogens is 3. The van der Waals surface area contributed by atoms with Gasteiger partial charge >= 0.3 is 0 Å². The Labute approximate surface area is 154 Å². The topological polar surface area (TPSA) is 54.2 Å². The van der Waals surface area contributed by atoms with Gasteiger partial charge in [0.05, 0.1) is 19.2 Å². The lowest BCUT2D eigenvalue weighted by Crippen LogP contribution is -2.41. The van der Waals surface area contributed by atoms with Gasteiger partial charge in [-0.05, 0) is 35.4 Å². The molecule has 0 radical (unpaired) electrons. The van der Waals surface area contributed by atoms with E-state index in [4.69, 9.17) is 23.2 Å². The molecule has 130 valence electrons. The van der Waals surface area contributed by atoms with Gasteiger partial charge in [-0.1, -0.05) is 41.4 Å². The third-order valence-electron chi connectivity index (χ3n) is 3.74. The molecule has 0 aliphatic heterocycles. The van der Waals surface area contributed by atoms with E-state index in [0.29, 0.717) is 10.0 Å². The molecule has 0 aliphatic rings. The van der Waals surface area contributed by atoms with Gasteiger partial charge < -0.3 is 5.11 Å². The fourth-order valence-corrected chi connectivity index (χ4v) is 3.18. The van der Waals surface area contributed by atoms with Crippen LogP contribution in [0.5, 0.6) is 0 Å². The Morgan fingerprint density at radius 3 is 2.52 bits per heavy atom. The molecule has 1 aromatic heterocycles. The first-order chi connectivity index (χ1) is 12.1. The van der Waals surface area contributed by atoms with Crippen molar-refractivity contribution in [1.82, 2.24) is 14.9 Å². The van der Waals surface area contributed by atoms with Gasteiger partial charge in [-0.15, -0.1) is 5.10 Å². The van der Waals surface area contributed by atoms with Crippen LogP contribution >= 0.6 is 23.2 Å². The lowest BCUT2D eigenvalue weighted by atomic mass is 9.98. The molecule has 3 aromatic rings. The summed E-state index contributed by atoms with van der Waals surface area (Å²) >= 11 is 12.4. The third kappa shape index (κ3) is 3.92. The molecule has 1 heterocycles. The Balaban J connectivity index is 2.14. The van der Waals surface area contributed by atoms with Crippen LogP contribution in [-0.4, -0.2) is 33.1 Å². The maximum absolute atomic E-state index is 13.4. The Morgan fingerprint density at radius 1 is 1.16 bits per heavy atom. The van der Waals surface area contributed by atoms with E-state index in [1.807, 2.05) is 0 Å². The van der Waals surface area contributed by atoms with E-state index >= 15 is 0 Å². The Hall–Kier alpha value is -2.15. The van der Waals surface area contributed by atoms with Gasteiger partial charge in [0.15, 0.2) is 0 Å². The van der Waals surface area contributed by atoms with E-state index in [9.17, 15) is 9.50 Å². The Kier molecular flexibility index (Phi) is 5.53. The van der Waals surface area contributed by atoms with E-state index in [1.165, 1.54) is 29.6 Å². The summed E-state index contributed by atoms with van der Waals surface area (Å²) in [7, 11) is 0. The molecule has 2 aromatic carbocycles. The molecule has 25 heavy (non-hydrogen) atoms. The second-order valence-electron chi connectivity index (χ2n) is 5.32. The van der Waals surface area contributed by atoms with Crippen molar-refractivity contribution in [3.05, 3.63) is 82.1 Å². The zero-order valence-corrected chi connectivity index (χ0v) is 14.6. The molecule has 0 amide bonds. The second-order valence-corrected chi connectivity index (χ2v) is 6.17. The number of aliphatic hydroxyl groups is 1. The SMILES string of the molecule is OCCN(C(c1ccc(F)cc1)c1ccc(Cl)cc1Cl)n1cncn1. The van der Waals surface area contributed by atoms with Crippen molar-refractivity contribution in [2.45, 2.75) is 6.04 Å². The summed E-state index contributed by atoms with van der Waals surface area (Å²) in [6.45, 7) is 0.160. The number of hydrogen-bond donors (Lipinski definition) is 1. The monoisotopic (exact) mass is 380 g/mol. The van der Waals surface area contributed by atoms with Gasteiger partial charge in [0.1, 0.15) is 18.5 Å². The van der Waals surface area contributed by atoms with Crippen molar-refractivity contribution in [1.29, 1.82) is 0 Å². The highest BCUT2D eigenvalue weighted by Crippen LogP contribution is 2.34. The molecular formula is C17H15Cl2FN4O. The highest BCUT2D eigenvalue weighted by Gasteiger charge is 2.25. The summed E-state index contributed by atoms with van der Waals surface area (Å²) in [5, 5.41) is 16.4. The van der Waals surface area contributed by atoms with Gasteiger partial charge in [-0.3, -0.25) is 5.01 Å². The molecule has 3 rings (SSSR count). The van der Waals surface area contributed by atoms with Crippen molar-refractivity contribution >= 4 is 23.2 Å². The maximum atomic E-state index is 13.4. The standard InChI is InChI=1S/C17H15Cl2FN4O/c18-13-3-6-15(16(19)9-13)17(12-1-4-14(20)5-2-12)23(7-8-25)24-11-21-10-22-24/h1-6,9-11,17,25H,7-8H2. The summed E-state index contributed by atoms with van der Waals surface area (Å²) in [5.41, 5.74) is 1.54. The Morgan fingerprint density at radius 2 is 1.92 bits per heavy atom. The molecule has 0 fully saturated rings. The highest BCUT2D eigenvalue weighted by atomic mass is 35.5. The van der Waals surface area contributed by atoms with Gasteiger partial charge in [-0.2, -0.15) is 4.79 Å². The molecule has 0 aliphatic carbocycles. The number of nitrogens with zero attached hydrogens (tertiary/aromatic N) is 4. The highest BCUT2D eigenvalue weighted by molar-refractivity contribution is 6.35. The van der Waals surface area contributed by atoms with Crippen molar-refractivity contribution < 1.29 is 9.50 Å². The van der Waals surface area contributed by atoms with Crippen LogP contribution in [0.15, 0.2) is 55.1 Å². The zero-order chi connectivity index (χ0) is 17.8. The molecule has 1 N–H and O–H groups in total. The maximum Gasteiger partial charge on any atom is 0.139 e.